The monoisotopic (exact) mass is 203 g/mol. The zero-order valence-electron chi connectivity index (χ0n) is 9.36. The number of nitrogens with zero attached hydrogens (tertiary/aromatic N) is 1. The van der Waals surface area contributed by atoms with Crippen molar-refractivity contribution in [1.29, 1.82) is 0 Å². The van der Waals surface area contributed by atoms with Crippen molar-refractivity contribution < 1.29 is 4.79 Å². The fourth-order valence-electron chi connectivity index (χ4n) is 2.27. The van der Waals surface area contributed by atoms with Gasteiger partial charge in [-0.3, -0.25) is 9.69 Å². The van der Waals surface area contributed by atoms with Crippen molar-refractivity contribution in [3.05, 3.63) is 35.9 Å². The Labute approximate surface area is 90.9 Å². The maximum absolute atomic E-state index is 11.8. The summed E-state index contributed by atoms with van der Waals surface area (Å²) in [6, 6.07) is 10.3. The molecule has 0 spiro atoms. The molecule has 80 valence electrons. The summed E-state index contributed by atoms with van der Waals surface area (Å²) in [5.41, 5.74) is 1.03. The Bertz CT molecular complexity index is 358. The smallest absolute Gasteiger partial charge is 0.153 e. The molecule has 0 saturated heterocycles. The lowest BCUT2D eigenvalue weighted by atomic mass is 9.70. The number of carbonyl (C=O) groups is 1. The molecule has 1 aliphatic rings. The van der Waals surface area contributed by atoms with Crippen LogP contribution in [-0.2, 0) is 11.2 Å². The summed E-state index contributed by atoms with van der Waals surface area (Å²) in [5, 5.41) is 0. The molecule has 0 radical (unpaired) electrons. The highest BCUT2D eigenvalue weighted by Gasteiger charge is 2.47. The van der Waals surface area contributed by atoms with Crippen LogP contribution in [0.2, 0.25) is 0 Å². The molecule has 0 bridgehead atoms. The SMILES string of the molecule is CN(C)C1(Cc2ccccc2)CCC1=O. The quantitative estimate of drug-likeness (QED) is 0.747. The van der Waals surface area contributed by atoms with Gasteiger partial charge in [-0.05, 0) is 32.5 Å². The van der Waals surface area contributed by atoms with Gasteiger partial charge in [0.2, 0.25) is 0 Å². The fraction of sp³-hybridized carbons (Fsp3) is 0.462. The number of benzene rings is 1. The van der Waals surface area contributed by atoms with Gasteiger partial charge in [-0.15, -0.1) is 0 Å². The van der Waals surface area contributed by atoms with Gasteiger partial charge in [0.1, 0.15) is 0 Å². The number of ketones is 1. The number of hydrogen-bond donors (Lipinski definition) is 0. The van der Waals surface area contributed by atoms with Crippen LogP contribution in [0, 0.1) is 0 Å². The van der Waals surface area contributed by atoms with Crippen LogP contribution in [0.15, 0.2) is 30.3 Å². The van der Waals surface area contributed by atoms with E-state index in [9.17, 15) is 4.79 Å². The van der Waals surface area contributed by atoms with Crippen LogP contribution in [0.3, 0.4) is 0 Å². The van der Waals surface area contributed by atoms with E-state index in [0.29, 0.717) is 5.78 Å². The lowest BCUT2D eigenvalue weighted by molar-refractivity contribution is -0.139. The zero-order valence-corrected chi connectivity index (χ0v) is 9.36. The highest BCUT2D eigenvalue weighted by atomic mass is 16.1. The van der Waals surface area contributed by atoms with Crippen molar-refractivity contribution in [3.63, 3.8) is 0 Å². The molecule has 15 heavy (non-hydrogen) atoms. The molecule has 1 unspecified atom stereocenters. The average Bonchev–Trinajstić information content (AvgIpc) is 2.24. The Morgan fingerprint density at radius 1 is 1.27 bits per heavy atom. The van der Waals surface area contributed by atoms with Crippen molar-refractivity contribution in [2.45, 2.75) is 24.8 Å². The van der Waals surface area contributed by atoms with Crippen LogP contribution in [0.5, 0.6) is 0 Å². The number of rotatable bonds is 3. The van der Waals surface area contributed by atoms with Gasteiger partial charge in [0.25, 0.3) is 0 Å². The van der Waals surface area contributed by atoms with Gasteiger partial charge in [-0.25, -0.2) is 0 Å². The molecule has 1 fully saturated rings. The first-order valence-corrected chi connectivity index (χ1v) is 5.40. The fourth-order valence-corrected chi connectivity index (χ4v) is 2.27. The van der Waals surface area contributed by atoms with Gasteiger partial charge in [0.15, 0.2) is 5.78 Å². The van der Waals surface area contributed by atoms with E-state index in [4.69, 9.17) is 0 Å². The first kappa shape index (κ1) is 10.4. The van der Waals surface area contributed by atoms with E-state index < -0.39 is 0 Å². The maximum Gasteiger partial charge on any atom is 0.153 e. The van der Waals surface area contributed by atoms with Crippen LogP contribution in [-0.4, -0.2) is 30.3 Å². The summed E-state index contributed by atoms with van der Waals surface area (Å²) >= 11 is 0. The zero-order chi connectivity index (χ0) is 10.9. The number of likely N-dealkylation sites (N-methyl/N-ethyl adjacent to an activating group) is 1. The Balaban J connectivity index is 2.19. The van der Waals surface area contributed by atoms with Crippen LogP contribution in [0.1, 0.15) is 18.4 Å². The van der Waals surface area contributed by atoms with Gasteiger partial charge in [0, 0.05) is 6.42 Å². The molecule has 0 heterocycles. The topological polar surface area (TPSA) is 20.3 Å². The van der Waals surface area contributed by atoms with Gasteiger partial charge < -0.3 is 0 Å². The molecule has 1 aliphatic carbocycles. The van der Waals surface area contributed by atoms with E-state index >= 15 is 0 Å². The summed E-state index contributed by atoms with van der Waals surface area (Å²) in [4.78, 5) is 13.8. The second-order valence-corrected chi connectivity index (χ2v) is 4.51. The Hall–Kier alpha value is -1.15. The summed E-state index contributed by atoms with van der Waals surface area (Å²) in [7, 11) is 4.00. The average molecular weight is 203 g/mol. The molecule has 2 heteroatoms. The van der Waals surface area contributed by atoms with Crippen molar-refractivity contribution in [2.75, 3.05) is 14.1 Å². The van der Waals surface area contributed by atoms with E-state index in [-0.39, 0.29) is 5.54 Å². The van der Waals surface area contributed by atoms with Gasteiger partial charge >= 0.3 is 0 Å². The van der Waals surface area contributed by atoms with Gasteiger partial charge in [-0.1, -0.05) is 30.3 Å². The Morgan fingerprint density at radius 2 is 1.93 bits per heavy atom. The lowest BCUT2D eigenvalue weighted by Crippen LogP contribution is -2.59. The predicted molar refractivity (Wildman–Crippen MR) is 60.8 cm³/mol. The van der Waals surface area contributed by atoms with Gasteiger partial charge in [0.05, 0.1) is 5.54 Å². The molecule has 1 saturated carbocycles. The molecule has 1 atom stereocenters. The molecule has 1 aromatic carbocycles. The molecule has 0 aliphatic heterocycles. The second kappa shape index (κ2) is 3.78. The van der Waals surface area contributed by atoms with Crippen molar-refractivity contribution in [3.8, 4) is 0 Å². The third-order valence-corrected chi connectivity index (χ3v) is 3.48. The van der Waals surface area contributed by atoms with E-state index in [1.165, 1.54) is 5.56 Å². The molecular formula is C13H17NO. The first-order chi connectivity index (χ1) is 7.15. The van der Waals surface area contributed by atoms with E-state index in [0.717, 1.165) is 19.3 Å². The van der Waals surface area contributed by atoms with Crippen molar-refractivity contribution in [2.24, 2.45) is 0 Å². The minimum absolute atomic E-state index is 0.221. The van der Waals surface area contributed by atoms with Crippen LogP contribution < -0.4 is 0 Å². The van der Waals surface area contributed by atoms with Gasteiger partial charge in [-0.2, -0.15) is 0 Å². The summed E-state index contributed by atoms with van der Waals surface area (Å²) < 4.78 is 0. The molecule has 1 aromatic rings. The Morgan fingerprint density at radius 3 is 2.33 bits per heavy atom. The minimum Gasteiger partial charge on any atom is -0.298 e. The molecule has 2 rings (SSSR count). The third kappa shape index (κ3) is 1.70. The molecular weight excluding hydrogens is 186 g/mol. The summed E-state index contributed by atoms with van der Waals surface area (Å²) in [5.74, 6) is 0.386. The second-order valence-electron chi connectivity index (χ2n) is 4.51. The third-order valence-electron chi connectivity index (χ3n) is 3.48. The summed E-state index contributed by atoms with van der Waals surface area (Å²) in [6.45, 7) is 0. The molecule has 0 N–H and O–H groups in total. The van der Waals surface area contributed by atoms with Crippen molar-refractivity contribution in [1.82, 2.24) is 4.90 Å². The minimum atomic E-state index is -0.221. The highest BCUT2D eigenvalue weighted by molar-refractivity contribution is 5.94. The van der Waals surface area contributed by atoms with Crippen molar-refractivity contribution >= 4 is 5.78 Å². The normalized spacial score (nSPS) is 25.4. The van der Waals surface area contributed by atoms with E-state index in [1.807, 2.05) is 32.3 Å². The molecule has 2 nitrogen and oxygen atoms in total. The van der Waals surface area contributed by atoms with Crippen LogP contribution in [0.4, 0.5) is 0 Å². The summed E-state index contributed by atoms with van der Waals surface area (Å²) in [6.07, 6.45) is 2.58. The lowest BCUT2D eigenvalue weighted by Gasteiger charge is -2.45. The maximum atomic E-state index is 11.8. The molecule has 0 amide bonds. The van der Waals surface area contributed by atoms with E-state index in [2.05, 4.69) is 17.0 Å². The molecule has 0 aromatic heterocycles. The number of Topliss-reactive ketones (excluding diaryl/α,β-unsaturated/α-hetero) is 1. The number of carbonyl (C=O) groups excluding carboxylic acids is 1. The Kier molecular flexibility index (Phi) is 2.61. The van der Waals surface area contributed by atoms with Crippen LogP contribution in [0.25, 0.3) is 0 Å². The predicted octanol–water partition coefficient (Wildman–Crippen LogP) is 1.89. The standard InChI is InChI=1S/C13H17NO/c1-14(2)13(9-8-12(13)15)10-11-6-4-3-5-7-11/h3-7H,8-10H2,1-2H3. The van der Waals surface area contributed by atoms with E-state index in [1.54, 1.807) is 0 Å². The van der Waals surface area contributed by atoms with Crippen LogP contribution >= 0.6 is 0 Å². The number of hydrogen-bond acceptors (Lipinski definition) is 2. The largest absolute Gasteiger partial charge is 0.298 e. The highest BCUT2D eigenvalue weighted by Crippen LogP contribution is 2.35. The first-order valence-electron chi connectivity index (χ1n) is 5.40.